The Morgan fingerprint density at radius 2 is 2.31 bits per heavy atom. The molecule has 0 aliphatic carbocycles. The smallest absolute Gasteiger partial charge is 0.228 e. The number of aromatic nitrogens is 1. The number of amides is 1. The highest BCUT2D eigenvalue weighted by molar-refractivity contribution is 7.13. The first-order valence-electron chi connectivity index (χ1n) is 5.65. The molecule has 1 aromatic heterocycles. The quantitative estimate of drug-likeness (QED) is 0.827. The predicted molar refractivity (Wildman–Crippen MR) is 67.4 cm³/mol. The van der Waals surface area contributed by atoms with Gasteiger partial charge >= 0.3 is 0 Å². The number of unbranched alkanes of at least 4 members (excludes halogenated alkanes) is 1. The summed E-state index contributed by atoms with van der Waals surface area (Å²) in [5.41, 5.74) is 6.31. The van der Waals surface area contributed by atoms with Crippen LogP contribution in [0.3, 0.4) is 0 Å². The first-order valence-corrected chi connectivity index (χ1v) is 6.53. The van der Waals surface area contributed by atoms with Gasteiger partial charge in [0.05, 0.1) is 12.1 Å². The molecule has 1 aromatic rings. The molecule has 0 unspecified atom stereocenters. The number of nitrogens with two attached hydrogens (primary N) is 1. The van der Waals surface area contributed by atoms with E-state index in [0.717, 1.165) is 31.6 Å². The molecule has 90 valence electrons. The van der Waals surface area contributed by atoms with Crippen molar-refractivity contribution < 1.29 is 4.79 Å². The molecule has 1 amide bonds. The monoisotopic (exact) mass is 241 g/mol. The molecule has 0 aromatic carbocycles. The minimum atomic E-state index is 0.140. The normalized spacial score (nSPS) is 10.4. The molecular weight excluding hydrogens is 222 g/mol. The molecule has 2 N–H and O–H groups in total. The van der Waals surface area contributed by atoms with Crippen LogP contribution in [-0.2, 0) is 11.2 Å². The first-order chi connectivity index (χ1) is 7.67. The Kier molecular flexibility index (Phi) is 5.25. The van der Waals surface area contributed by atoms with Crippen LogP contribution >= 0.6 is 11.3 Å². The Bertz CT molecular complexity index is 338. The molecule has 16 heavy (non-hydrogen) atoms. The number of carbonyl (C=O) groups is 1. The van der Waals surface area contributed by atoms with Crippen molar-refractivity contribution in [3.05, 3.63) is 11.1 Å². The second-order valence-corrected chi connectivity index (χ2v) is 4.57. The van der Waals surface area contributed by atoms with E-state index in [2.05, 4.69) is 11.9 Å². The summed E-state index contributed by atoms with van der Waals surface area (Å²) < 4.78 is 0. The number of thiazole rings is 1. The van der Waals surface area contributed by atoms with Gasteiger partial charge in [-0.25, -0.2) is 4.98 Å². The highest BCUT2D eigenvalue weighted by Gasteiger charge is 2.13. The van der Waals surface area contributed by atoms with Crippen molar-refractivity contribution in [2.45, 2.75) is 33.1 Å². The molecule has 0 aliphatic heterocycles. The predicted octanol–water partition coefficient (Wildman–Crippen LogP) is 1.92. The average Bonchev–Trinajstić information content (AvgIpc) is 2.65. The van der Waals surface area contributed by atoms with Gasteiger partial charge in [-0.15, -0.1) is 11.3 Å². The summed E-state index contributed by atoms with van der Waals surface area (Å²) in [7, 11) is 0. The maximum atomic E-state index is 11.9. The second-order valence-electron chi connectivity index (χ2n) is 3.68. The zero-order valence-electron chi connectivity index (χ0n) is 9.90. The molecule has 0 bridgehead atoms. The Labute approximate surface area is 100 Å². The molecule has 0 saturated heterocycles. The largest absolute Gasteiger partial charge is 0.375 e. The van der Waals surface area contributed by atoms with Gasteiger partial charge in [-0.1, -0.05) is 13.3 Å². The Balaban J connectivity index is 2.49. The van der Waals surface area contributed by atoms with Crippen molar-refractivity contribution in [2.75, 3.05) is 18.8 Å². The average molecular weight is 241 g/mol. The molecule has 4 nitrogen and oxygen atoms in total. The van der Waals surface area contributed by atoms with Crippen molar-refractivity contribution in [3.8, 4) is 0 Å². The van der Waals surface area contributed by atoms with E-state index < -0.39 is 0 Å². The van der Waals surface area contributed by atoms with Crippen LogP contribution in [0, 0.1) is 0 Å². The molecule has 0 spiro atoms. The van der Waals surface area contributed by atoms with Gasteiger partial charge in [-0.3, -0.25) is 4.79 Å². The zero-order valence-corrected chi connectivity index (χ0v) is 10.7. The summed E-state index contributed by atoms with van der Waals surface area (Å²) in [4.78, 5) is 17.9. The Morgan fingerprint density at radius 3 is 2.81 bits per heavy atom. The van der Waals surface area contributed by atoms with Crippen molar-refractivity contribution in [3.63, 3.8) is 0 Å². The third-order valence-corrected chi connectivity index (χ3v) is 3.14. The van der Waals surface area contributed by atoms with E-state index in [1.165, 1.54) is 11.3 Å². The Hall–Kier alpha value is -1.10. The molecule has 0 fully saturated rings. The van der Waals surface area contributed by atoms with Gasteiger partial charge in [0.1, 0.15) is 0 Å². The van der Waals surface area contributed by atoms with E-state index in [1.807, 2.05) is 17.2 Å². The van der Waals surface area contributed by atoms with Crippen molar-refractivity contribution in [1.29, 1.82) is 0 Å². The Morgan fingerprint density at radius 1 is 1.56 bits per heavy atom. The molecule has 0 radical (unpaired) electrons. The summed E-state index contributed by atoms with van der Waals surface area (Å²) in [5.74, 6) is 0.140. The molecule has 5 heteroatoms. The number of carbonyl (C=O) groups excluding carboxylic acids is 1. The molecule has 1 rings (SSSR count). The van der Waals surface area contributed by atoms with E-state index in [-0.39, 0.29) is 5.91 Å². The molecule has 0 aliphatic rings. The number of nitrogens with zero attached hydrogens (tertiary/aromatic N) is 2. The van der Waals surface area contributed by atoms with Gasteiger partial charge in [0.2, 0.25) is 5.91 Å². The topological polar surface area (TPSA) is 59.2 Å². The summed E-state index contributed by atoms with van der Waals surface area (Å²) in [6.07, 6.45) is 2.53. The third-order valence-electron chi connectivity index (χ3n) is 2.42. The van der Waals surface area contributed by atoms with Gasteiger partial charge in [-0.05, 0) is 13.3 Å². The van der Waals surface area contributed by atoms with E-state index in [9.17, 15) is 4.79 Å². The van der Waals surface area contributed by atoms with Crippen LogP contribution in [0.15, 0.2) is 5.38 Å². The van der Waals surface area contributed by atoms with E-state index in [0.29, 0.717) is 11.6 Å². The minimum absolute atomic E-state index is 0.140. The fraction of sp³-hybridized carbons (Fsp3) is 0.636. The molecule has 0 saturated carbocycles. The summed E-state index contributed by atoms with van der Waals surface area (Å²) in [6, 6.07) is 0. The molecule has 0 atom stereocenters. The number of rotatable bonds is 6. The van der Waals surface area contributed by atoms with Crippen LogP contribution in [0.2, 0.25) is 0 Å². The molecular formula is C11H19N3OS. The summed E-state index contributed by atoms with van der Waals surface area (Å²) in [6.45, 7) is 5.73. The van der Waals surface area contributed by atoms with Crippen LogP contribution in [0.25, 0.3) is 0 Å². The maximum Gasteiger partial charge on any atom is 0.228 e. The van der Waals surface area contributed by atoms with Crippen LogP contribution in [0.4, 0.5) is 5.13 Å². The van der Waals surface area contributed by atoms with Gasteiger partial charge in [-0.2, -0.15) is 0 Å². The lowest BCUT2D eigenvalue weighted by molar-refractivity contribution is -0.130. The lowest BCUT2D eigenvalue weighted by atomic mass is 10.2. The van der Waals surface area contributed by atoms with E-state index in [1.54, 1.807) is 0 Å². The van der Waals surface area contributed by atoms with Gasteiger partial charge in [0.15, 0.2) is 5.13 Å². The highest BCUT2D eigenvalue weighted by atomic mass is 32.1. The number of likely N-dealkylation sites (N-methyl/N-ethyl adjacent to an activating group) is 1. The number of hydrogen-bond donors (Lipinski definition) is 1. The van der Waals surface area contributed by atoms with E-state index >= 15 is 0 Å². The summed E-state index contributed by atoms with van der Waals surface area (Å²) >= 11 is 1.38. The van der Waals surface area contributed by atoms with E-state index in [4.69, 9.17) is 5.73 Å². The number of nitrogen functional groups attached to an aromatic ring is 1. The van der Waals surface area contributed by atoms with Crippen LogP contribution < -0.4 is 5.73 Å². The molecule has 1 heterocycles. The standard InChI is InChI=1S/C11H19N3OS/c1-3-5-6-14(4-2)10(15)7-9-8-16-11(12)13-9/h8H,3-7H2,1-2H3,(H2,12,13). The maximum absolute atomic E-state index is 11.9. The number of anilines is 1. The van der Waals surface area contributed by atoms with Crippen LogP contribution in [-0.4, -0.2) is 28.9 Å². The van der Waals surface area contributed by atoms with Gasteiger partial charge in [0, 0.05) is 18.5 Å². The fourth-order valence-corrected chi connectivity index (χ4v) is 2.04. The lowest BCUT2D eigenvalue weighted by Crippen LogP contribution is -2.33. The zero-order chi connectivity index (χ0) is 12.0. The number of hydrogen-bond acceptors (Lipinski definition) is 4. The van der Waals surface area contributed by atoms with Crippen molar-refractivity contribution in [2.24, 2.45) is 0 Å². The first kappa shape index (κ1) is 13.0. The van der Waals surface area contributed by atoms with Crippen molar-refractivity contribution in [1.82, 2.24) is 9.88 Å². The van der Waals surface area contributed by atoms with Crippen LogP contribution in [0.1, 0.15) is 32.4 Å². The second kappa shape index (κ2) is 6.48. The fourth-order valence-electron chi connectivity index (χ4n) is 1.48. The highest BCUT2D eigenvalue weighted by Crippen LogP contribution is 2.12. The van der Waals surface area contributed by atoms with Crippen molar-refractivity contribution >= 4 is 22.4 Å². The van der Waals surface area contributed by atoms with Gasteiger partial charge in [0.25, 0.3) is 0 Å². The van der Waals surface area contributed by atoms with Gasteiger partial charge < -0.3 is 10.6 Å². The minimum Gasteiger partial charge on any atom is -0.375 e. The summed E-state index contributed by atoms with van der Waals surface area (Å²) in [5, 5.41) is 2.38. The van der Waals surface area contributed by atoms with Crippen LogP contribution in [0.5, 0.6) is 0 Å². The third kappa shape index (κ3) is 3.81. The SMILES string of the molecule is CCCCN(CC)C(=O)Cc1csc(N)n1. The lowest BCUT2D eigenvalue weighted by Gasteiger charge is -2.20.